The predicted octanol–water partition coefficient (Wildman–Crippen LogP) is 3.65. The molecule has 0 amide bonds. The van der Waals surface area contributed by atoms with Crippen molar-refractivity contribution in [2.24, 2.45) is 0 Å². The average molecular weight is 370 g/mol. The van der Waals surface area contributed by atoms with Gasteiger partial charge in [0.15, 0.2) is 0 Å². The Morgan fingerprint density at radius 1 is 0.821 bits per heavy atom. The second-order valence-electron chi connectivity index (χ2n) is 7.25. The van der Waals surface area contributed by atoms with E-state index in [1.165, 1.54) is 24.1 Å². The summed E-state index contributed by atoms with van der Waals surface area (Å²) in [7, 11) is 0. The standard InChI is InChI=1S/C22H22N6/c1-2-6-18(7-3-1)21-16-27(25-24-21)15-14-17-10-12-19(13-11-17)28-22-9-5-4-8-20(22)23-26-28/h1-3,6-7,10-13,16H,4-5,8-9,14-15H2. The number of benzene rings is 2. The van der Waals surface area contributed by atoms with Gasteiger partial charge in [0, 0.05) is 12.1 Å². The van der Waals surface area contributed by atoms with Crippen LogP contribution in [0.15, 0.2) is 60.8 Å². The number of hydrogen-bond donors (Lipinski definition) is 0. The van der Waals surface area contributed by atoms with E-state index in [2.05, 4.69) is 57.0 Å². The van der Waals surface area contributed by atoms with E-state index in [0.717, 1.165) is 48.4 Å². The maximum atomic E-state index is 4.37. The quantitative estimate of drug-likeness (QED) is 0.538. The van der Waals surface area contributed by atoms with Crippen LogP contribution in [-0.4, -0.2) is 30.0 Å². The summed E-state index contributed by atoms with van der Waals surface area (Å²) in [5.74, 6) is 0. The molecule has 0 atom stereocenters. The van der Waals surface area contributed by atoms with E-state index < -0.39 is 0 Å². The van der Waals surface area contributed by atoms with Gasteiger partial charge in [-0.15, -0.1) is 10.2 Å². The third-order valence-corrected chi connectivity index (χ3v) is 5.34. The molecule has 2 aromatic heterocycles. The fourth-order valence-corrected chi connectivity index (χ4v) is 3.77. The van der Waals surface area contributed by atoms with Gasteiger partial charge in [-0.1, -0.05) is 52.9 Å². The number of rotatable bonds is 5. The van der Waals surface area contributed by atoms with Crippen LogP contribution in [0.3, 0.4) is 0 Å². The fraction of sp³-hybridized carbons (Fsp3) is 0.273. The highest BCUT2D eigenvalue weighted by molar-refractivity contribution is 5.57. The highest BCUT2D eigenvalue weighted by Gasteiger charge is 2.17. The largest absolute Gasteiger partial charge is 0.252 e. The normalized spacial score (nSPS) is 13.4. The summed E-state index contributed by atoms with van der Waals surface area (Å²) in [5.41, 5.74) is 6.80. The van der Waals surface area contributed by atoms with Crippen LogP contribution in [0.4, 0.5) is 0 Å². The van der Waals surface area contributed by atoms with E-state index in [9.17, 15) is 0 Å². The minimum Gasteiger partial charge on any atom is -0.252 e. The Kier molecular flexibility index (Phi) is 4.45. The van der Waals surface area contributed by atoms with Crippen LogP contribution >= 0.6 is 0 Å². The molecule has 140 valence electrons. The smallest absolute Gasteiger partial charge is 0.113 e. The first-order chi connectivity index (χ1) is 13.9. The summed E-state index contributed by atoms with van der Waals surface area (Å²) in [6, 6.07) is 18.7. The molecule has 4 aromatic rings. The second-order valence-corrected chi connectivity index (χ2v) is 7.25. The highest BCUT2D eigenvalue weighted by Crippen LogP contribution is 2.22. The average Bonchev–Trinajstić information content (AvgIpc) is 3.41. The van der Waals surface area contributed by atoms with Gasteiger partial charge in [0.25, 0.3) is 0 Å². The first-order valence-electron chi connectivity index (χ1n) is 9.85. The van der Waals surface area contributed by atoms with Crippen molar-refractivity contribution >= 4 is 0 Å². The van der Waals surface area contributed by atoms with Crippen molar-refractivity contribution in [3.8, 4) is 16.9 Å². The van der Waals surface area contributed by atoms with Crippen molar-refractivity contribution < 1.29 is 0 Å². The minimum atomic E-state index is 0.803. The molecule has 2 heterocycles. The van der Waals surface area contributed by atoms with Crippen LogP contribution in [-0.2, 0) is 25.8 Å². The van der Waals surface area contributed by atoms with Gasteiger partial charge >= 0.3 is 0 Å². The third kappa shape index (κ3) is 3.33. The molecule has 6 heteroatoms. The summed E-state index contributed by atoms with van der Waals surface area (Å²) < 4.78 is 3.91. The summed E-state index contributed by atoms with van der Waals surface area (Å²) in [6.45, 7) is 0.803. The molecule has 0 bridgehead atoms. The number of aromatic nitrogens is 6. The molecule has 0 N–H and O–H groups in total. The monoisotopic (exact) mass is 370 g/mol. The Balaban J connectivity index is 1.26. The zero-order valence-electron chi connectivity index (χ0n) is 15.7. The topological polar surface area (TPSA) is 61.4 Å². The third-order valence-electron chi connectivity index (χ3n) is 5.34. The molecule has 0 saturated heterocycles. The zero-order valence-corrected chi connectivity index (χ0v) is 15.7. The second kappa shape index (κ2) is 7.38. The molecule has 5 rings (SSSR count). The minimum absolute atomic E-state index is 0.803. The molecule has 1 aliphatic rings. The van der Waals surface area contributed by atoms with Crippen LogP contribution < -0.4 is 0 Å². The van der Waals surface area contributed by atoms with Crippen LogP contribution in [0.1, 0.15) is 29.8 Å². The van der Waals surface area contributed by atoms with E-state index in [0.29, 0.717) is 0 Å². The van der Waals surface area contributed by atoms with Gasteiger partial charge in [-0.05, 0) is 49.8 Å². The predicted molar refractivity (Wildman–Crippen MR) is 107 cm³/mol. The van der Waals surface area contributed by atoms with Crippen molar-refractivity contribution in [1.82, 2.24) is 30.0 Å². The van der Waals surface area contributed by atoms with E-state index >= 15 is 0 Å². The van der Waals surface area contributed by atoms with E-state index in [1.807, 2.05) is 33.8 Å². The molecule has 0 radical (unpaired) electrons. The van der Waals surface area contributed by atoms with Crippen molar-refractivity contribution in [2.75, 3.05) is 0 Å². The lowest BCUT2D eigenvalue weighted by Gasteiger charge is -2.12. The Morgan fingerprint density at radius 3 is 2.50 bits per heavy atom. The van der Waals surface area contributed by atoms with E-state index in [4.69, 9.17) is 0 Å². The molecule has 0 unspecified atom stereocenters. The lowest BCUT2D eigenvalue weighted by atomic mass is 10.0. The number of aryl methyl sites for hydroxylation is 3. The first kappa shape index (κ1) is 16.9. The van der Waals surface area contributed by atoms with E-state index in [-0.39, 0.29) is 0 Å². The Morgan fingerprint density at radius 2 is 1.64 bits per heavy atom. The maximum absolute atomic E-state index is 4.37. The van der Waals surface area contributed by atoms with Crippen LogP contribution in [0.5, 0.6) is 0 Å². The van der Waals surface area contributed by atoms with Gasteiger partial charge in [-0.25, -0.2) is 4.68 Å². The zero-order chi connectivity index (χ0) is 18.8. The molecule has 0 spiro atoms. The van der Waals surface area contributed by atoms with Crippen molar-refractivity contribution in [1.29, 1.82) is 0 Å². The molecular weight excluding hydrogens is 348 g/mol. The van der Waals surface area contributed by atoms with Crippen molar-refractivity contribution in [2.45, 2.75) is 38.6 Å². The number of nitrogens with zero attached hydrogens (tertiary/aromatic N) is 6. The Hall–Kier alpha value is -3.28. The first-order valence-corrected chi connectivity index (χ1v) is 9.85. The Bertz CT molecular complexity index is 1060. The fourth-order valence-electron chi connectivity index (χ4n) is 3.77. The van der Waals surface area contributed by atoms with E-state index in [1.54, 1.807) is 0 Å². The Labute approximate surface area is 163 Å². The summed E-state index contributed by atoms with van der Waals surface area (Å²) in [5, 5.41) is 17.3. The summed E-state index contributed by atoms with van der Waals surface area (Å²) in [6.07, 6.45) is 7.48. The molecule has 0 aliphatic heterocycles. The molecule has 6 nitrogen and oxygen atoms in total. The van der Waals surface area contributed by atoms with Crippen molar-refractivity contribution in [3.05, 3.63) is 77.7 Å². The number of hydrogen-bond acceptors (Lipinski definition) is 4. The van der Waals surface area contributed by atoms with Gasteiger partial charge in [-0.3, -0.25) is 4.68 Å². The molecule has 0 fully saturated rings. The highest BCUT2D eigenvalue weighted by atomic mass is 15.4. The van der Waals surface area contributed by atoms with Gasteiger partial charge in [0.2, 0.25) is 0 Å². The SMILES string of the molecule is c1ccc(-c2cn(CCc3ccc(-n4nnc5c4CCCC5)cc3)nn2)cc1. The van der Waals surface area contributed by atoms with Gasteiger partial charge in [-0.2, -0.15) is 0 Å². The summed E-state index contributed by atoms with van der Waals surface area (Å²) in [4.78, 5) is 0. The van der Waals surface area contributed by atoms with Crippen LogP contribution in [0.2, 0.25) is 0 Å². The molecule has 0 saturated carbocycles. The lowest BCUT2D eigenvalue weighted by Crippen LogP contribution is -2.08. The van der Waals surface area contributed by atoms with Crippen LogP contribution in [0, 0.1) is 0 Å². The molecule has 2 aromatic carbocycles. The number of fused-ring (bicyclic) bond motifs is 1. The van der Waals surface area contributed by atoms with Crippen molar-refractivity contribution in [3.63, 3.8) is 0 Å². The van der Waals surface area contributed by atoms with Gasteiger partial charge in [0.1, 0.15) is 5.69 Å². The van der Waals surface area contributed by atoms with Crippen LogP contribution in [0.25, 0.3) is 16.9 Å². The molecule has 28 heavy (non-hydrogen) atoms. The molecular formula is C22H22N6. The van der Waals surface area contributed by atoms with Gasteiger partial charge < -0.3 is 0 Å². The molecule has 1 aliphatic carbocycles. The summed E-state index contributed by atoms with van der Waals surface area (Å²) >= 11 is 0. The lowest BCUT2D eigenvalue weighted by molar-refractivity contribution is 0.589. The maximum Gasteiger partial charge on any atom is 0.113 e. The van der Waals surface area contributed by atoms with Gasteiger partial charge in [0.05, 0.1) is 23.3 Å².